The summed E-state index contributed by atoms with van der Waals surface area (Å²) in [6, 6.07) is 34.6. The molecule has 0 bridgehead atoms. The van der Waals surface area contributed by atoms with Crippen LogP contribution in [0.2, 0.25) is 0 Å². The molecule has 6 heteroatoms. The highest BCUT2D eigenvalue weighted by Crippen LogP contribution is 2.31. The van der Waals surface area contributed by atoms with Gasteiger partial charge in [0.1, 0.15) is 11.2 Å². The van der Waals surface area contributed by atoms with E-state index in [2.05, 4.69) is 12.1 Å². The van der Waals surface area contributed by atoms with E-state index in [1.54, 1.807) is 12.1 Å². The summed E-state index contributed by atoms with van der Waals surface area (Å²) in [4.78, 5) is 35.8. The number of hydrogen-bond donors (Lipinski definition) is 0. The standard InChI is InChI=1S/C38H24N2O4/c1-21-9-13-25-23(17-21)11-15-35-27(25)19-29(37(41)43-35)31-5-3-7-33(39-31)34-8-4-6-32(40-34)30-20-28-26-14-10-22(2)18-24(26)12-16-36(28)44-38(30)42/h3-20H,1-2H3. The summed E-state index contributed by atoms with van der Waals surface area (Å²) < 4.78 is 11.5. The predicted octanol–water partition coefficient (Wildman–Crippen LogP) is 8.61. The number of nitrogens with zero attached hydrogens (tertiary/aromatic N) is 2. The second kappa shape index (κ2) is 9.85. The van der Waals surface area contributed by atoms with Crippen molar-refractivity contribution in [2.45, 2.75) is 13.8 Å². The van der Waals surface area contributed by atoms with Crippen LogP contribution in [0.15, 0.2) is 128 Å². The van der Waals surface area contributed by atoms with Crippen LogP contribution >= 0.6 is 0 Å². The van der Waals surface area contributed by atoms with Gasteiger partial charge in [-0.2, -0.15) is 0 Å². The van der Waals surface area contributed by atoms with E-state index in [1.807, 2.05) is 98.8 Å². The molecule has 6 nitrogen and oxygen atoms in total. The minimum Gasteiger partial charge on any atom is -0.422 e. The van der Waals surface area contributed by atoms with Crippen LogP contribution < -0.4 is 11.3 Å². The van der Waals surface area contributed by atoms with Gasteiger partial charge in [-0.15, -0.1) is 0 Å². The highest BCUT2D eigenvalue weighted by Gasteiger charge is 2.15. The van der Waals surface area contributed by atoms with Gasteiger partial charge in [-0.1, -0.05) is 71.8 Å². The first-order valence-electron chi connectivity index (χ1n) is 14.3. The maximum Gasteiger partial charge on any atom is 0.345 e. The van der Waals surface area contributed by atoms with Crippen molar-refractivity contribution in [3.05, 3.63) is 141 Å². The molecule has 8 rings (SSSR count). The van der Waals surface area contributed by atoms with Crippen LogP contribution in [-0.2, 0) is 0 Å². The third-order valence-electron chi connectivity index (χ3n) is 8.09. The summed E-state index contributed by atoms with van der Waals surface area (Å²) in [7, 11) is 0. The molecule has 0 unspecified atom stereocenters. The Kier molecular flexibility index (Phi) is 5.78. The van der Waals surface area contributed by atoms with Gasteiger partial charge in [0.05, 0.1) is 33.9 Å². The first kappa shape index (κ1) is 25.8. The number of aromatic nitrogens is 2. The van der Waals surface area contributed by atoms with Gasteiger partial charge in [-0.25, -0.2) is 19.6 Å². The maximum atomic E-state index is 13.1. The van der Waals surface area contributed by atoms with Crippen LogP contribution in [0.25, 0.3) is 77.4 Å². The first-order valence-corrected chi connectivity index (χ1v) is 14.3. The van der Waals surface area contributed by atoms with Crippen molar-refractivity contribution < 1.29 is 8.83 Å². The molecule has 0 aliphatic rings. The lowest BCUT2D eigenvalue weighted by Crippen LogP contribution is -2.05. The normalized spacial score (nSPS) is 11.6. The highest BCUT2D eigenvalue weighted by molar-refractivity contribution is 6.07. The van der Waals surface area contributed by atoms with Crippen molar-refractivity contribution in [3.63, 3.8) is 0 Å². The second-order valence-electron chi connectivity index (χ2n) is 11.1. The van der Waals surface area contributed by atoms with Gasteiger partial charge in [-0.05, 0) is 83.9 Å². The summed E-state index contributed by atoms with van der Waals surface area (Å²) in [5.41, 5.74) is 5.22. The fraction of sp³-hybridized carbons (Fsp3) is 0.0526. The fourth-order valence-corrected chi connectivity index (χ4v) is 5.91. The van der Waals surface area contributed by atoms with Crippen LogP contribution in [0.3, 0.4) is 0 Å². The Morgan fingerprint density at radius 3 is 1.34 bits per heavy atom. The number of hydrogen-bond acceptors (Lipinski definition) is 6. The van der Waals surface area contributed by atoms with Gasteiger partial charge in [0.25, 0.3) is 0 Å². The van der Waals surface area contributed by atoms with Crippen molar-refractivity contribution in [2.24, 2.45) is 0 Å². The lowest BCUT2D eigenvalue weighted by atomic mass is 10.0. The largest absolute Gasteiger partial charge is 0.422 e. The summed E-state index contributed by atoms with van der Waals surface area (Å²) in [5, 5.41) is 5.83. The van der Waals surface area contributed by atoms with Crippen LogP contribution in [-0.4, -0.2) is 9.97 Å². The molecule has 4 heterocycles. The number of pyridine rings is 2. The van der Waals surface area contributed by atoms with Crippen molar-refractivity contribution in [3.8, 4) is 33.9 Å². The quantitative estimate of drug-likeness (QED) is 0.156. The van der Waals surface area contributed by atoms with Gasteiger partial charge in [-0.3, -0.25) is 0 Å². The van der Waals surface area contributed by atoms with Gasteiger partial charge in [0.2, 0.25) is 0 Å². The SMILES string of the molecule is Cc1ccc2c(ccc3oc(=O)c(-c4cccc(-c5cccc(-c6cc7c(ccc8cc(C)ccc87)oc6=O)n5)n4)cc32)c1. The van der Waals surface area contributed by atoms with Crippen molar-refractivity contribution in [2.75, 3.05) is 0 Å². The smallest absolute Gasteiger partial charge is 0.345 e. The Morgan fingerprint density at radius 1 is 0.455 bits per heavy atom. The average Bonchev–Trinajstić information content (AvgIpc) is 3.04. The Hall–Kier alpha value is -5.88. The third kappa shape index (κ3) is 4.27. The number of fused-ring (bicyclic) bond motifs is 6. The molecule has 210 valence electrons. The predicted molar refractivity (Wildman–Crippen MR) is 175 cm³/mol. The molecule has 0 radical (unpaired) electrons. The summed E-state index contributed by atoms with van der Waals surface area (Å²) in [6.07, 6.45) is 0. The summed E-state index contributed by atoms with van der Waals surface area (Å²) in [5.74, 6) is 0. The number of aryl methyl sites for hydroxylation is 2. The topological polar surface area (TPSA) is 86.2 Å². The first-order chi connectivity index (χ1) is 21.4. The van der Waals surface area contributed by atoms with Crippen molar-refractivity contribution in [1.29, 1.82) is 0 Å². The Labute approximate surface area is 250 Å². The molecular weight excluding hydrogens is 548 g/mol. The van der Waals surface area contributed by atoms with Crippen LogP contribution in [0, 0.1) is 13.8 Å². The van der Waals surface area contributed by atoms with Crippen LogP contribution in [0.4, 0.5) is 0 Å². The minimum absolute atomic E-state index is 0.362. The van der Waals surface area contributed by atoms with E-state index in [0.717, 1.165) is 43.4 Å². The van der Waals surface area contributed by atoms with E-state index in [0.29, 0.717) is 45.1 Å². The molecule has 0 amide bonds. The molecule has 44 heavy (non-hydrogen) atoms. The number of rotatable bonds is 3. The summed E-state index contributed by atoms with van der Waals surface area (Å²) in [6.45, 7) is 4.10. The van der Waals surface area contributed by atoms with Crippen LogP contribution in [0.5, 0.6) is 0 Å². The molecule has 8 aromatic rings. The molecule has 0 spiro atoms. The third-order valence-corrected chi connectivity index (χ3v) is 8.09. The van der Waals surface area contributed by atoms with Crippen LogP contribution in [0.1, 0.15) is 11.1 Å². The van der Waals surface area contributed by atoms with Gasteiger partial charge >= 0.3 is 11.3 Å². The molecule has 0 atom stereocenters. The van der Waals surface area contributed by atoms with Gasteiger partial charge in [0.15, 0.2) is 0 Å². The van der Waals surface area contributed by atoms with Crippen molar-refractivity contribution in [1.82, 2.24) is 9.97 Å². The van der Waals surface area contributed by atoms with Gasteiger partial charge < -0.3 is 8.83 Å². The van der Waals surface area contributed by atoms with Gasteiger partial charge in [0, 0.05) is 10.8 Å². The van der Waals surface area contributed by atoms with E-state index < -0.39 is 11.3 Å². The van der Waals surface area contributed by atoms with E-state index in [9.17, 15) is 9.59 Å². The molecule has 0 aliphatic heterocycles. The fourth-order valence-electron chi connectivity index (χ4n) is 5.91. The highest BCUT2D eigenvalue weighted by atomic mass is 16.4. The zero-order valence-electron chi connectivity index (χ0n) is 23.9. The molecule has 0 fully saturated rings. The number of benzene rings is 4. The van der Waals surface area contributed by atoms with E-state index in [4.69, 9.17) is 18.8 Å². The Morgan fingerprint density at radius 2 is 0.886 bits per heavy atom. The Bertz CT molecular complexity index is 2400. The monoisotopic (exact) mass is 572 g/mol. The molecule has 0 N–H and O–H groups in total. The molecule has 0 aliphatic carbocycles. The lowest BCUT2D eigenvalue weighted by molar-refractivity contribution is 0.563. The molecule has 0 saturated carbocycles. The van der Waals surface area contributed by atoms with E-state index in [-0.39, 0.29) is 0 Å². The lowest BCUT2D eigenvalue weighted by Gasteiger charge is -2.09. The van der Waals surface area contributed by atoms with E-state index >= 15 is 0 Å². The average molecular weight is 573 g/mol. The Balaban J connectivity index is 1.24. The zero-order chi connectivity index (χ0) is 29.9. The molecule has 0 saturated heterocycles. The zero-order valence-corrected chi connectivity index (χ0v) is 23.9. The molecule has 4 aromatic carbocycles. The van der Waals surface area contributed by atoms with E-state index in [1.165, 1.54) is 0 Å². The minimum atomic E-state index is -0.466. The second-order valence-corrected chi connectivity index (χ2v) is 11.1. The van der Waals surface area contributed by atoms with Crippen molar-refractivity contribution >= 4 is 43.5 Å². The molecule has 4 aromatic heterocycles. The maximum absolute atomic E-state index is 13.1. The molecular formula is C38H24N2O4. The summed E-state index contributed by atoms with van der Waals surface area (Å²) >= 11 is 0.